The molecule has 0 spiro atoms. The SMILES string of the molecule is CCc1ccc(NC(=O)C(=O)N/N=C\c2cccc([N+](=O)[O-])c2)cc1. The zero-order valence-corrected chi connectivity index (χ0v) is 13.4. The molecule has 8 nitrogen and oxygen atoms in total. The molecule has 2 rings (SSSR count). The number of hydrogen-bond donors (Lipinski definition) is 2. The Kier molecular flexibility index (Phi) is 5.94. The van der Waals surface area contributed by atoms with Crippen LogP contribution in [0.15, 0.2) is 53.6 Å². The average molecular weight is 340 g/mol. The number of anilines is 1. The minimum absolute atomic E-state index is 0.0939. The van der Waals surface area contributed by atoms with Gasteiger partial charge in [-0.25, -0.2) is 5.43 Å². The van der Waals surface area contributed by atoms with Crippen LogP contribution >= 0.6 is 0 Å². The third kappa shape index (κ3) is 5.24. The number of hydrogen-bond acceptors (Lipinski definition) is 5. The zero-order valence-electron chi connectivity index (χ0n) is 13.4. The minimum Gasteiger partial charge on any atom is -0.318 e. The number of nitro groups is 1. The molecule has 128 valence electrons. The first kappa shape index (κ1) is 17.8. The Morgan fingerprint density at radius 2 is 1.88 bits per heavy atom. The van der Waals surface area contributed by atoms with Crippen molar-refractivity contribution in [3.8, 4) is 0 Å². The summed E-state index contributed by atoms with van der Waals surface area (Å²) >= 11 is 0. The smallest absolute Gasteiger partial charge is 0.318 e. The number of rotatable bonds is 5. The fraction of sp³-hybridized carbons (Fsp3) is 0.118. The van der Waals surface area contributed by atoms with Crippen molar-refractivity contribution in [2.45, 2.75) is 13.3 Å². The van der Waals surface area contributed by atoms with Crippen molar-refractivity contribution in [3.05, 3.63) is 69.8 Å². The lowest BCUT2D eigenvalue weighted by Crippen LogP contribution is -2.32. The second-order valence-electron chi connectivity index (χ2n) is 5.06. The number of hydrazone groups is 1. The van der Waals surface area contributed by atoms with Gasteiger partial charge in [0, 0.05) is 23.4 Å². The van der Waals surface area contributed by atoms with E-state index in [1.165, 1.54) is 24.4 Å². The predicted octanol–water partition coefficient (Wildman–Crippen LogP) is 2.25. The summed E-state index contributed by atoms with van der Waals surface area (Å²) in [6.07, 6.45) is 2.09. The molecule has 2 aromatic carbocycles. The molecule has 0 saturated carbocycles. The van der Waals surface area contributed by atoms with Gasteiger partial charge in [-0.05, 0) is 24.1 Å². The molecule has 2 aromatic rings. The van der Waals surface area contributed by atoms with Gasteiger partial charge in [0.2, 0.25) is 0 Å². The number of nitro benzene ring substituents is 1. The monoisotopic (exact) mass is 340 g/mol. The van der Waals surface area contributed by atoms with Crippen LogP contribution in [0, 0.1) is 10.1 Å². The Hall–Kier alpha value is -3.55. The molecular formula is C17H16N4O4. The van der Waals surface area contributed by atoms with Crippen LogP contribution in [0.3, 0.4) is 0 Å². The molecule has 0 bridgehead atoms. The molecular weight excluding hydrogens is 324 g/mol. The predicted molar refractivity (Wildman–Crippen MR) is 93.3 cm³/mol. The number of carbonyl (C=O) groups excluding carboxylic acids is 2. The number of benzene rings is 2. The van der Waals surface area contributed by atoms with E-state index >= 15 is 0 Å². The third-order valence-corrected chi connectivity index (χ3v) is 3.29. The van der Waals surface area contributed by atoms with Crippen LogP contribution in [0.1, 0.15) is 18.1 Å². The number of non-ortho nitro benzene ring substituents is 1. The summed E-state index contributed by atoms with van der Waals surface area (Å²) in [5.74, 6) is -1.80. The molecule has 2 N–H and O–H groups in total. The zero-order chi connectivity index (χ0) is 18.2. The van der Waals surface area contributed by atoms with E-state index in [0.29, 0.717) is 11.3 Å². The summed E-state index contributed by atoms with van der Waals surface area (Å²) in [6, 6.07) is 12.8. The molecule has 0 aliphatic carbocycles. The van der Waals surface area contributed by atoms with Crippen LogP contribution in [0.5, 0.6) is 0 Å². The summed E-state index contributed by atoms with van der Waals surface area (Å²) in [5, 5.41) is 16.8. The van der Waals surface area contributed by atoms with Crippen LogP contribution < -0.4 is 10.7 Å². The van der Waals surface area contributed by atoms with Crippen molar-refractivity contribution in [1.82, 2.24) is 5.43 Å². The molecule has 0 aromatic heterocycles. The normalized spacial score (nSPS) is 10.4. The van der Waals surface area contributed by atoms with Gasteiger partial charge in [0.05, 0.1) is 11.1 Å². The Balaban J connectivity index is 1.91. The molecule has 0 aliphatic heterocycles. The van der Waals surface area contributed by atoms with Gasteiger partial charge in [-0.1, -0.05) is 31.2 Å². The first-order valence-corrected chi connectivity index (χ1v) is 7.47. The maximum atomic E-state index is 11.8. The van der Waals surface area contributed by atoms with Gasteiger partial charge >= 0.3 is 11.8 Å². The van der Waals surface area contributed by atoms with Gasteiger partial charge in [-0.3, -0.25) is 19.7 Å². The standard InChI is InChI=1S/C17H16N4O4/c1-2-12-6-8-14(9-7-12)19-16(22)17(23)20-18-11-13-4-3-5-15(10-13)21(24)25/h3-11H,2H2,1H3,(H,19,22)(H,20,23)/b18-11-. The van der Waals surface area contributed by atoms with Crippen molar-refractivity contribution in [2.75, 3.05) is 5.32 Å². The average Bonchev–Trinajstić information content (AvgIpc) is 2.62. The lowest BCUT2D eigenvalue weighted by atomic mass is 10.1. The van der Waals surface area contributed by atoms with E-state index in [4.69, 9.17) is 0 Å². The highest BCUT2D eigenvalue weighted by molar-refractivity contribution is 6.39. The lowest BCUT2D eigenvalue weighted by molar-refractivity contribution is -0.384. The van der Waals surface area contributed by atoms with Gasteiger partial charge in [0.15, 0.2) is 0 Å². The lowest BCUT2D eigenvalue weighted by Gasteiger charge is -2.04. The minimum atomic E-state index is -0.943. The molecule has 0 unspecified atom stereocenters. The van der Waals surface area contributed by atoms with Crippen LogP contribution in [0.4, 0.5) is 11.4 Å². The van der Waals surface area contributed by atoms with E-state index in [2.05, 4.69) is 15.8 Å². The molecule has 0 aliphatic rings. The summed E-state index contributed by atoms with van der Waals surface area (Å²) in [7, 11) is 0. The largest absolute Gasteiger partial charge is 0.329 e. The molecule has 0 heterocycles. The van der Waals surface area contributed by atoms with Crippen LogP contribution in [-0.4, -0.2) is 23.0 Å². The molecule has 0 atom stereocenters. The maximum Gasteiger partial charge on any atom is 0.329 e. The first-order chi connectivity index (χ1) is 12.0. The van der Waals surface area contributed by atoms with Gasteiger partial charge in [-0.15, -0.1) is 0 Å². The van der Waals surface area contributed by atoms with E-state index in [0.717, 1.165) is 12.0 Å². The summed E-state index contributed by atoms with van der Waals surface area (Å²) in [4.78, 5) is 33.6. The highest BCUT2D eigenvalue weighted by Gasteiger charge is 2.12. The molecule has 0 saturated heterocycles. The van der Waals surface area contributed by atoms with Crippen molar-refractivity contribution in [1.29, 1.82) is 0 Å². The molecule has 0 fully saturated rings. The quantitative estimate of drug-likeness (QED) is 0.376. The van der Waals surface area contributed by atoms with Crippen LogP contribution in [0.2, 0.25) is 0 Å². The van der Waals surface area contributed by atoms with Crippen LogP contribution in [0.25, 0.3) is 0 Å². The van der Waals surface area contributed by atoms with Gasteiger partial charge in [-0.2, -0.15) is 5.10 Å². The number of aryl methyl sites for hydroxylation is 1. The highest BCUT2D eigenvalue weighted by Crippen LogP contribution is 2.11. The molecule has 25 heavy (non-hydrogen) atoms. The number of carbonyl (C=O) groups is 2. The Bertz CT molecular complexity index is 816. The highest BCUT2D eigenvalue weighted by atomic mass is 16.6. The van der Waals surface area contributed by atoms with E-state index in [1.807, 2.05) is 19.1 Å². The Labute approximate surface area is 143 Å². The van der Waals surface area contributed by atoms with Crippen molar-refractivity contribution < 1.29 is 14.5 Å². The Morgan fingerprint density at radius 1 is 1.16 bits per heavy atom. The maximum absolute atomic E-state index is 11.8. The van der Waals surface area contributed by atoms with E-state index in [1.54, 1.807) is 18.2 Å². The van der Waals surface area contributed by atoms with E-state index < -0.39 is 16.7 Å². The fourth-order valence-corrected chi connectivity index (χ4v) is 1.95. The number of amides is 2. The second kappa shape index (κ2) is 8.34. The molecule has 8 heteroatoms. The van der Waals surface area contributed by atoms with E-state index in [9.17, 15) is 19.7 Å². The van der Waals surface area contributed by atoms with Crippen molar-refractivity contribution in [2.24, 2.45) is 5.10 Å². The first-order valence-electron chi connectivity index (χ1n) is 7.47. The summed E-state index contributed by atoms with van der Waals surface area (Å²) in [6.45, 7) is 2.01. The fourth-order valence-electron chi connectivity index (χ4n) is 1.95. The molecule has 0 radical (unpaired) electrons. The Morgan fingerprint density at radius 3 is 2.52 bits per heavy atom. The topological polar surface area (TPSA) is 114 Å². The summed E-state index contributed by atoms with van der Waals surface area (Å²) < 4.78 is 0. The van der Waals surface area contributed by atoms with Gasteiger partial charge in [0.1, 0.15) is 0 Å². The van der Waals surface area contributed by atoms with Crippen molar-refractivity contribution in [3.63, 3.8) is 0 Å². The number of nitrogens with one attached hydrogen (secondary N) is 2. The van der Waals surface area contributed by atoms with Gasteiger partial charge in [0.25, 0.3) is 5.69 Å². The number of nitrogens with zero attached hydrogens (tertiary/aromatic N) is 2. The third-order valence-electron chi connectivity index (χ3n) is 3.29. The van der Waals surface area contributed by atoms with Crippen molar-refractivity contribution >= 4 is 29.4 Å². The summed E-state index contributed by atoms with van der Waals surface area (Å²) in [5.41, 5.74) is 4.01. The second-order valence-corrected chi connectivity index (χ2v) is 5.06. The van der Waals surface area contributed by atoms with Crippen LogP contribution in [-0.2, 0) is 16.0 Å². The molecule has 2 amide bonds. The van der Waals surface area contributed by atoms with E-state index in [-0.39, 0.29) is 5.69 Å². The van der Waals surface area contributed by atoms with Gasteiger partial charge < -0.3 is 5.32 Å².